The summed E-state index contributed by atoms with van der Waals surface area (Å²) in [7, 11) is 2.98. The van der Waals surface area contributed by atoms with E-state index in [9.17, 15) is 4.79 Å². The van der Waals surface area contributed by atoms with Gasteiger partial charge >= 0.3 is 0 Å². The number of nitrogens with zero attached hydrogens (tertiary/aromatic N) is 2. The molecule has 0 aliphatic rings. The number of benzene rings is 1. The minimum atomic E-state index is -0.419. The van der Waals surface area contributed by atoms with Crippen LogP contribution in [0.25, 0.3) is 0 Å². The third kappa shape index (κ3) is 4.96. The van der Waals surface area contributed by atoms with Gasteiger partial charge in [-0.05, 0) is 20.8 Å². The van der Waals surface area contributed by atoms with E-state index in [0.29, 0.717) is 28.0 Å². The molecule has 1 aromatic heterocycles. The lowest BCUT2D eigenvalue weighted by Gasteiger charge is -2.20. The lowest BCUT2D eigenvalue weighted by molar-refractivity contribution is 0.102. The van der Waals surface area contributed by atoms with E-state index in [2.05, 4.69) is 20.6 Å². The molecule has 1 aromatic carbocycles. The maximum absolute atomic E-state index is 12.4. The van der Waals surface area contributed by atoms with Gasteiger partial charge in [0.2, 0.25) is 0 Å². The normalized spacial score (nSPS) is 11.0. The summed E-state index contributed by atoms with van der Waals surface area (Å²) < 4.78 is 10.4. The zero-order valence-electron chi connectivity index (χ0n) is 14.8. The molecule has 7 nitrogen and oxygen atoms in total. The first-order valence-electron chi connectivity index (χ1n) is 7.56. The molecule has 0 fully saturated rings. The van der Waals surface area contributed by atoms with E-state index >= 15 is 0 Å². The van der Waals surface area contributed by atoms with Crippen LogP contribution in [0.2, 0.25) is 5.02 Å². The van der Waals surface area contributed by atoms with E-state index < -0.39 is 5.91 Å². The third-order valence-electron chi connectivity index (χ3n) is 3.11. The molecule has 8 heteroatoms. The Hall–Kier alpha value is -2.54. The molecule has 2 N–H and O–H groups in total. The molecule has 0 aliphatic carbocycles. The van der Waals surface area contributed by atoms with E-state index in [1.165, 1.54) is 26.6 Å². The van der Waals surface area contributed by atoms with Gasteiger partial charge in [0.05, 0.1) is 37.3 Å². The van der Waals surface area contributed by atoms with E-state index in [4.69, 9.17) is 21.1 Å². The smallest absolute Gasteiger partial charge is 0.275 e. The van der Waals surface area contributed by atoms with Crippen LogP contribution >= 0.6 is 11.6 Å². The molecule has 0 spiro atoms. The number of methoxy groups -OCH3 is 2. The molecular weight excluding hydrogens is 344 g/mol. The van der Waals surface area contributed by atoms with Crippen molar-refractivity contribution in [2.75, 3.05) is 24.9 Å². The summed E-state index contributed by atoms with van der Waals surface area (Å²) in [4.78, 5) is 20.7. The molecule has 0 aliphatic heterocycles. The number of carbonyl (C=O) groups excluding carboxylic acids is 1. The molecule has 1 heterocycles. The Bertz CT molecular complexity index is 758. The number of hydrogen-bond donors (Lipinski definition) is 2. The number of anilines is 2. The van der Waals surface area contributed by atoms with Crippen LogP contribution in [0, 0.1) is 0 Å². The lowest BCUT2D eigenvalue weighted by atomic mass is 10.1. The van der Waals surface area contributed by atoms with Crippen molar-refractivity contribution < 1.29 is 14.3 Å². The number of amides is 1. The van der Waals surface area contributed by atoms with Gasteiger partial charge in [-0.1, -0.05) is 11.6 Å². The van der Waals surface area contributed by atoms with Crippen molar-refractivity contribution >= 4 is 29.0 Å². The topological polar surface area (TPSA) is 85.4 Å². The molecule has 2 aromatic rings. The minimum absolute atomic E-state index is 0.147. The highest BCUT2D eigenvalue weighted by atomic mass is 35.5. The maximum atomic E-state index is 12.4. The zero-order chi connectivity index (χ0) is 18.6. The second kappa shape index (κ2) is 7.57. The summed E-state index contributed by atoms with van der Waals surface area (Å²) in [6.07, 6.45) is 2.92. The predicted molar refractivity (Wildman–Crippen MR) is 97.9 cm³/mol. The largest absolute Gasteiger partial charge is 0.495 e. The highest BCUT2D eigenvalue weighted by molar-refractivity contribution is 6.32. The quantitative estimate of drug-likeness (QED) is 0.843. The Morgan fingerprint density at radius 3 is 2.28 bits per heavy atom. The molecule has 0 atom stereocenters. The summed E-state index contributed by atoms with van der Waals surface area (Å²) in [6.45, 7) is 6.03. The standard InChI is InChI=1S/C17H21ClN4O3/c1-17(2,3)22-15-9-19-12(8-20-15)16(23)21-11-7-13(24-4)10(18)6-14(11)25-5/h6-9H,1-5H3,(H,20,22)(H,21,23). The second-order valence-corrected chi connectivity index (χ2v) is 6.71. The predicted octanol–water partition coefficient (Wildman–Crippen LogP) is 3.61. The molecule has 0 saturated carbocycles. The van der Waals surface area contributed by atoms with Gasteiger partial charge in [0.1, 0.15) is 23.0 Å². The fourth-order valence-electron chi connectivity index (χ4n) is 2.04. The number of ether oxygens (including phenoxy) is 2. The first kappa shape index (κ1) is 18.8. The van der Waals surface area contributed by atoms with Gasteiger partial charge in [-0.15, -0.1) is 0 Å². The Morgan fingerprint density at radius 1 is 1.08 bits per heavy atom. The molecule has 0 unspecified atom stereocenters. The average Bonchev–Trinajstić information content (AvgIpc) is 2.55. The van der Waals surface area contributed by atoms with Crippen molar-refractivity contribution in [2.45, 2.75) is 26.3 Å². The first-order valence-corrected chi connectivity index (χ1v) is 7.94. The van der Waals surface area contributed by atoms with Gasteiger partial charge in [-0.25, -0.2) is 9.97 Å². The Morgan fingerprint density at radius 2 is 1.76 bits per heavy atom. The molecule has 0 bridgehead atoms. The van der Waals surface area contributed by atoms with Gasteiger partial charge in [0.15, 0.2) is 0 Å². The van der Waals surface area contributed by atoms with Crippen molar-refractivity contribution in [2.24, 2.45) is 0 Å². The Kier molecular flexibility index (Phi) is 5.69. The fraction of sp³-hybridized carbons (Fsp3) is 0.353. The van der Waals surface area contributed by atoms with E-state index in [1.807, 2.05) is 20.8 Å². The Balaban J connectivity index is 2.19. The van der Waals surface area contributed by atoms with Crippen LogP contribution in [0.4, 0.5) is 11.5 Å². The van der Waals surface area contributed by atoms with Crippen LogP contribution in [0.5, 0.6) is 11.5 Å². The molecule has 2 rings (SSSR count). The number of aromatic nitrogens is 2. The molecule has 25 heavy (non-hydrogen) atoms. The number of rotatable bonds is 5. The highest BCUT2D eigenvalue weighted by Crippen LogP contribution is 2.36. The molecule has 134 valence electrons. The van der Waals surface area contributed by atoms with Gasteiger partial charge < -0.3 is 20.1 Å². The summed E-state index contributed by atoms with van der Waals surface area (Å²) in [5.41, 5.74) is 0.453. The number of halogens is 1. The monoisotopic (exact) mass is 364 g/mol. The van der Waals surface area contributed by atoms with E-state index in [0.717, 1.165) is 0 Å². The summed E-state index contributed by atoms with van der Waals surface area (Å²) >= 11 is 6.06. The summed E-state index contributed by atoms with van der Waals surface area (Å²) in [5.74, 6) is 1.01. The van der Waals surface area contributed by atoms with Gasteiger partial charge in [-0.2, -0.15) is 0 Å². The van der Waals surface area contributed by atoms with Crippen molar-refractivity contribution in [1.82, 2.24) is 9.97 Å². The van der Waals surface area contributed by atoms with Crippen molar-refractivity contribution in [3.05, 3.63) is 35.2 Å². The second-order valence-electron chi connectivity index (χ2n) is 6.30. The molecule has 0 radical (unpaired) electrons. The van der Waals surface area contributed by atoms with Crippen molar-refractivity contribution in [3.63, 3.8) is 0 Å². The Labute approximate surface area is 151 Å². The SMILES string of the molecule is COc1cc(NC(=O)c2cnc(NC(C)(C)C)cn2)c(OC)cc1Cl. The van der Waals surface area contributed by atoms with Crippen molar-refractivity contribution in [3.8, 4) is 11.5 Å². The molecule has 0 saturated heterocycles. The fourth-order valence-corrected chi connectivity index (χ4v) is 2.27. The molecule has 1 amide bonds. The maximum Gasteiger partial charge on any atom is 0.275 e. The average molecular weight is 365 g/mol. The van der Waals surface area contributed by atoms with Crippen molar-refractivity contribution in [1.29, 1.82) is 0 Å². The van der Waals surface area contributed by atoms with Gasteiger partial charge in [0.25, 0.3) is 5.91 Å². The van der Waals surface area contributed by atoms with E-state index in [-0.39, 0.29) is 11.2 Å². The first-order chi connectivity index (χ1) is 11.7. The number of nitrogens with one attached hydrogen (secondary N) is 2. The lowest BCUT2D eigenvalue weighted by Crippen LogP contribution is -2.27. The molecular formula is C17H21ClN4O3. The minimum Gasteiger partial charge on any atom is -0.495 e. The van der Waals surface area contributed by atoms with Gasteiger partial charge in [0, 0.05) is 17.7 Å². The van der Waals surface area contributed by atoms with Crippen LogP contribution in [-0.4, -0.2) is 35.6 Å². The van der Waals surface area contributed by atoms with Crippen LogP contribution in [0.1, 0.15) is 31.3 Å². The third-order valence-corrected chi connectivity index (χ3v) is 3.41. The van der Waals surface area contributed by atoms with Crippen LogP contribution in [0.15, 0.2) is 24.5 Å². The highest BCUT2D eigenvalue weighted by Gasteiger charge is 2.16. The van der Waals surface area contributed by atoms with Crippen LogP contribution in [-0.2, 0) is 0 Å². The number of carbonyl (C=O) groups is 1. The van der Waals surface area contributed by atoms with Crippen LogP contribution in [0.3, 0.4) is 0 Å². The summed E-state index contributed by atoms with van der Waals surface area (Å²) in [5, 5.41) is 6.29. The number of hydrogen-bond acceptors (Lipinski definition) is 6. The zero-order valence-corrected chi connectivity index (χ0v) is 15.6. The summed E-state index contributed by atoms with van der Waals surface area (Å²) in [6, 6.07) is 3.15. The van der Waals surface area contributed by atoms with Crippen LogP contribution < -0.4 is 20.1 Å². The van der Waals surface area contributed by atoms with Gasteiger partial charge in [-0.3, -0.25) is 4.79 Å². The van der Waals surface area contributed by atoms with E-state index in [1.54, 1.807) is 12.1 Å².